The molecule has 2 heterocycles. The summed E-state index contributed by atoms with van der Waals surface area (Å²) in [5.41, 5.74) is 0.625. The van der Waals surface area contributed by atoms with E-state index in [1.165, 1.54) is 30.3 Å². The molecule has 4 rings (SSSR count). The fourth-order valence-electron chi connectivity index (χ4n) is 3.02. The number of benzene rings is 2. The maximum atomic E-state index is 12.9. The van der Waals surface area contributed by atoms with E-state index < -0.39 is 21.6 Å². The van der Waals surface area contributed by atoms with Crippen molar-refractivity contribution in [2.24, 2.45) is 0 Å². The molecule has 0 aliphatic rings. The number of aromatic amines is 1. The lowest BCUT2D eigenvalue weighted by Crippen LogP contribution is -2.33. The summed E-state index contributed by atoms with van der Waals surface area (Å²) in [4.78, 5) is 39.9. The molecule has 0 saturated carbocycles. The summed E-state index contributed by atoms with van der Waals surface area (Å²) in [5, 5.41) is 2.78. The number of hydrogen-bond acceptors (Lipinski definition) is 6. The Morgan fingerprint density at radius 2 is 1.69 bits per heavy atom. The standard InChI is InChI=1S/C21H14ClN3O5S2/c22-17-9-10-19(31-17)32(29,30)25-21(28)23-13-7-5-12(6-8-13)15-11-18(26)24-16-4-2-1-3-14(16)20(15)27/h1-11H,(H,24,26)(H2,23,25,28). The Morgan fingerprint density at radius 3 is 2.38 bits per heavy atom. The van der Waals surface area contributed by atoms with E-state index in [0.717, 1.165) is 11.3 Å². The summed E-state index contributed by atoms with van der Waals surface area (Å²) >= 11 is 6.56. The summed E-state index contributed by atoms with van der Waals surface area (Å²) < 4.78 is 26.5. The molecule has 0 unspecified atom stereocenters. The first-order valence-corrected chi connectivity index (χ1v) is 11.8. The number of fused-ring (bicyclic) bond motifs is 1. The van der Waals surface area contributed by atoms with Crippen molar-refractivity contribution < 1.29 is 13.2 Å². The number of sulfonamides is 1. The van der Waals surface area contributed by atoms with Crippen molar-refractivity contribution >= 4 is 55.6 Å². The monoisotopic (exact) mass is 487 g/mol. The highest BCUT2D eigenvalue weighted by Gasteiger charge is 2.20. The molecule has 3 N–H and O–H groups in total. The minimum Gasteiger partial charge on any atom is -0.322 e. The average Bonchev–Trinajstić information content (AvgIpc) is 3.14. The van der Waals surface area contributed by atoms with Crippen LogP contribution < -0.4 is 21.0 Å². The second-order valence-electron chi connectivity index (χ2n) is 6.62. The predicted molar refractivity (Wildman–Crippen MR) is 125 cm³/mol. The van der Waals surface area contributed by atoms with E-state index in [9.17, 15) is 22.8 Å². The van der Waals surface area contributed by atoms with Gasteiger partial charge in [0.15, 0.2) is 5.43 Å². The molecule has 2 aromatic heterocycles. The van der Waals surface area contributed by atoms with Gasteiger partial charge in [0.2, 0.25) is 5.56 Å². The van der Waals surface area contributed by atoms with Gasteiger partial charge in [-0.2, -0.15) is 0 Å². The van der Waals surface area contributed by atoms with Crippen LogP contribution in [0.15, 0.2) is 80.5 Å². The fraction of sp³-hybridized carbons (Fsp3) is 0. The molecule has 0 atom stereocenters. The van der Waals surface area contributed by atoms with Gasteiger partial charge in [-0.1, -0.05) is 35.9 Å². The van der Waals surface area contributed by atoms with Gasteiger partial charge in [0.05, 0.1) is 9.85 Å². The third-order valence-corrected chi connectivity index (χ3v) is 7.50. The van der Waals surface area contributed by atoms with E-state index in [1.54, 1.807) is 36.4 Å². The summed E-state index contributed by atoms with van der Waals surface area (Å²) in [5.74, 6) is 0. The molecule has 0 radical (unpaired) electrons. The van der Waals surface area contributed by atoms with Crippen LogP contribution in [-0.4, -0.2) is 19.4 Å². The fourth-order valence-corrected chi connectivity index (χ4v) is 5.41. The van der Waals surface area contributed by atoms with Crippen LogP contribution in [-0.2, 0) is 10.0 Å². The van der Waals surface area contributed by atoms with E-state index >= 15 is 0 Å². The van der Waals surface area contributed by atoms with Gasteiger partial charge in [-0.15, -0.1) is 11.3 Å². The number of aromatic nitrogens is 1. The predicted octanol–water partition coefficient (Wildman–Crippen LogP) is 3.78. The van der Waals surface area contributed by atoms with Gasteiger partial charge in [-0.05, 0) is 42.0 Å². The molecular formula is C21H14ClN3O5S2. The van der Waals surface area contributed by atoms with Gasteiger partial charge in [-0.25, -0.2) is 17.9 Å². The summed E-state index contributed by atoms with van der Waals surface area (Å²) in [6, 6.07) is 15.7. The van der Waals surface area contributed by atoms with Crippen LogP contribution in [0.5, 0.6) is 0 Å². The summed E-state index contributed by atoms with van der Waals surface area (Å²) in [7, 11) is -4.06. The number of thiophene rings is 1. The normalized spacial score (nSPS) is 11.3. The van der Waals surface area contributed by atoms with Crippen molar-refractivity contribution in [1.29, 1.82) is 0 Å². The molecule has 0 aliphatic heterocycles. The first kappa shape index (κ1) is 21.8. The molecule has 4 aromatic rings. The van der Waals surface area contributed by atoms with Crippen molar-refractivity contribution in [2.75, 3.05) is 5.32 Å². The van der Waals surface area contributed by atoms with Crippen LogP contribution >= 0.6 is 22.9 Å². The Kier molecular flexibility index (Phi) is 5.83. The summed E-state index contributed by atoms with van der Waals surface area (Å²) in [6.07, 6.45) is 0. The maximum Gasteiger partial charge on any atom is 0.333 e. The molecule has 0 aliphatic carbocycles. The quantitative estimate of drug-likeness (QED) is 0.404. The number of anilines is 1. The Labute approximate surface area is 190 Å². The van der Waals surface area contributed by atoms with Gasteiger partial charge in [0, 0.05) is 22.7 Å². The van der Waals surface area contributed by atoms with Gasteiger partial charge in [0.25, 0.3) is 10.0 Å². The SMILES string of the molecule is O=C(Nc1ccc(-c2cc(=O)[nH]c3ccccc3c2=O)cc1)NS(=O)(=O)c1ccc(Cl)s1. The van der Waals surface area contributed by atoms with Gasteiger partial charge >= 0.3 is 6.03 Å². The van der Waals surface area contributed by atoms with Crippen LogP contribution in [0.3, 0.4) is 0 Å². The number of rotatable bonds is 4. The smallest absolute Gasteiger partial charge is 0.322 e. The summed E-state index contributed by atoms with van der Waals surface area (Å²) in [6.45, 7) is 0. The number of H-pyrrole nitrogens is 1. The molecule has 162 valence electrons. The number of amides is 2. The van der Waals surface area contributed by atoms with E-state index in [1.807, 2.05) is 4.72 Å². The zero-order chi connectivity index (χ0) is 22.9. The molecule has 0 spiro atoms. The first-order valence-electron chi connectivity index (χ1n) is 9.09. The molecule has 0 saturated heterocycles. The minimum atomic E-state index is -4.06. The largest absolute Gasteiger partial charge is 0.333 e. The Bertz CT molecular complexity index is 1560. The molecule has 2 aromatic carbocycles. The lowest BCUT2D eigenvalue weighted by atomic mass is 10.1. The molecular weight excluding hydrogens is 474 g/mol. The molecule has 0 fully saturated rings. The second-order valence-corrected chi connectivity index (χ2v) is 10.2. The average molecular weight is 488 g/mol. The van der Waals surface area contributed by atoms with Crippen molar-refractivity contribution in [3.8, 4) is 11.1 Å². The van der Waals surface area contributed by atoms with Crippen molar-refractivity contribution in [3.05, 3.63) is 91.6 Å². The van der Waals surface area contributed by atoms with Crippen LogP contribution in [0, 0.1) is 0 Å². The lowest BCUT2D eigenvalue weighted by molar-refractivity contribution is 0.256. The number of carbonyl (C=O) groups excluding carboxylic acids is 1. The minimum absolute atomic E-state index is 0.0923. The lowest BCUT2D eigenvalue weighted by Gasteiger charge is -2.08. The molecule has 11 heteroatoms. The molecule has 2 amide bonds. The van der Waals surface area contributed by atoms with Crippen molar-refractivity contribution in [1.82, 2.24) is 9.71 Å². The van der Waals surface area contributed by atoms with E-state index in [4.69, 9.17) is 11.6 Å². The number of halogens is 1. The second kappa shape index (κ2) is 8.58. The van der Waals surface area contributed by atoms with E-state index in [-0.39, 0.29) is 25.2 Å². The number of hydrogen-bond donors (Lipinski definition) is 3. The molecule has 8 nitrogen and oxygen atoms in total. The zero-order valence-corrected chi connectivity index (χ0v) is 18.5. The number of para-hydroxylation sites is 1. The van der Waals surface area contributed by atoms with Gasteiger partial charge in [-0.3, -0.25) is 9.59 Å². The van der Waals surface area contributed by atoms with Crippen molar-refractivity contribution in [3.63, 3.8) is 0 Å². The third-order valence-electron chi connectivity index (χ3n) is 4.44. The van der Waals surface area contributed by atoms with Crippen LogP contribution in [0.4, 0.5) is 10.5 Å². The number of carbonyl (C=O) groups is 1. The zero-order valence-electron chi connectivity index (χ0n) is 16.1. The molecule has 0 bridgehead atoms. The topological polar surface area (TPSA) is 125 Å². The maximum absolute atomic E-state index is 12.9. The Morgan fingerprint density at radius 1 is 0.969 bits per heavy atom. The van der Waals surface area contributed by atoms with Crippen LogP contribution in [0.1, 0.15) is 0 Å². The van der Waals surface area contributed by atoms with Crippen LogP contribution in [0.2, 0.25) is 4.34 Å². The first-order chi connectivity index (χ1) is 15.2. The highest BCUT2D eigenvalue weighted by Crippen LogP contribution is 2.25. The highest BCUT2D eigenvalue weighted by atomic mass is 35.5. The van der Waals surface area contributed by atoms with E-state index in [0.29, 0.717) is 16.5 Å². The number of nitrogens with one attached hydrogen (secondary N) is 3. The van der Waals surface area contributed by atoms with Crippen molar-refractivity contribution in [2.45, 2.75) is 4.21 Å². The molecule has 32 heavy (non-hydrogen) atoms. The Hall–Kier alpha value is -3.47. The Balaban J connectivity index is 1.58. The highest BCUT2D eigenvalue weighted by molar-refractivity contribution is 7.92. The third kappa shape index (κ3) is 4.57. The van der Waals surface area contributed by atoms with Gasteiger partial charge in [0.1, 0.15) is 4.21 Å². The van der Waals surface area contributed by atoms with E-state index in [2.05, 4.69) is 10.3 Å². The van der Waals surface area contributed by atoms with Crippen LogP contribution in [0.25, 0.3) is 22.0 Å². The van der Waals surface area contributed by atoms with Gasteiger partial charge < -0.3 is 10.3 Å². The number of urea groups is 1.